The molecule has 2 N–H and O–H groups in total. The molecule has 0 saturated carbocycles. The van der Waals surface area contributed by atoms with Gasteiger partial charge >= 0.3 is 11.7 Å². The van der Waals surface area contributed by atoms with Gasteiger partial charge in [0.1, 0.15) is 0 Å². The van der Waals surface area contributed by atoms with Gasteiger partial charge in [0.05, 0.1) is 16.6 Å². The average molecular weight is 234 g/mol. The van der Waals surface area contributed by atoms with Crippen molar-refractivity contribution in [1.82, 2.24) is 0 Å². The largest absolute Gasteiger partial charge is 0.502 e. The molecule has 1 aromatic carbocycles. The number of hydrogen-bond acceptors (Lipinski definition) is 5. The van der Waals surface area contributed by atoms with Gasteiger partial charge in [-0.15, -0.1) is 0 Å². The molecule has 17 heavy (non-hydrogen) atoms. The Bertz CT molecular complexity index is 557. The van der Waals surface area contributed by atoms with Crippen molar-refractivity contribution in [3.05, 3.63) is 39.4 Å². The van der Waals surface area contributed by atoms with Crippen LogP contribution in [-0.4, -0.2) is 21.1 Å². The summed E-state index contributed by atoms with van der Waals surface area (Å²) in [4.78, 5) is 20.0. The van der Waals surface area contributed by atoms with Gasteiger partial charge in [0, 0.05) is 17.7 Å². The molecular formula is C10H6N2O5. The molecule has 0 bridgehead atoms. The maximum Gasteiger partial charge on any atom is 0.328 e. The SMILES string of the molecule is N#Cc1cc(C=CC(=O)O)c(O)c([N+](=O)[O-])c1. The van der Waals surface area contributed by atoms with Crippen LogP contribution in [0, 0.1) is 21.4 Å². The number of hydrogen-bond donors (Lipinski definition) is 2. The van der Waals surface area contributed by atoms with Gasteiger partial charge in [0.15, 0.2) is 0 Å². The second kappa shape index (κ2) is 4.76. The summed E-state index contributed by atoms with van der Waals surface area (Å²) in [6, 6.07) is 3.75. The van der Waals surface area contributed by atoms with Crippen molar-refractivity contribution in [2.45, 2.75) is 0 Å². The van der Waals surface area contributed by atoms with E-state index in [1.165, 1.54) is 0 Å². The van der Waals surface area contributed by atoms with Crippen molar-refractivity contribution in [2.75, 3.05) is 0 Å². The number of phenolic OH excluding ortho intramolecular Hbond substituents is 1. The van der Waals surface area contributed by atoms with E-state index in [9.17, 15) is 20.0 Å². The number of carboxylic acids is 1. The van der Waals surface area contributed by atoms with E-state index in [4.69, 9.17) is 10.4 Å². The van der Waals surface area contributed by atoms with E-state index in [2.05, 4.69) is 0 Å². The highest BCUT2D eigenvalue weighted by molar-refractivity contribution is 5.86. The maximum absolute atomic E-state index is 10.6. The molecule has 0 aliphatic carbocycles. The van der Waals surface area contributed by atoms with Crippen LogP contribution in [0.15, 0.2) is 18.2 Å². The van der Waals surface area contributed by atoms with E-state index in [0.717, 1.165) is 18.2 Å². The van der Waals surface area contributed by atoms with E-state index in [0.29, 0.717) is 6.08 Å². The number of nitriles is 1. The molecule has 0 aliphatic heterocycles. The zero-order valence-corrected chi connectivity index (χ0v) is 8.32. The summed E-state index contributed by atoms with van der Waals surface area (Å²) in [5, 5.41) is 37.1. The van der Waals surface area contributed by atoms with Crippen molar-refractivity contribution in [1.29, 1.82) is 5.26 Å². The summed E-state index contributed by atoms with van der Waals surface area (Å²) in [7, 11) is 0. The van der Waals surface area contributed by atoms with Crippen molar-refractivity contribution in [3.63, 3.8) is 0 Å². The second-order valence-corrected chi connectivity index (χ2v) is 2.97. The average Bonchev–Trinajstić information content (AvgIpc) is 2.27. The number of benzene rings is 1. The van der Waals surface area contributed by atoms with Crippen LogP contribution in [0.3, 0.4) is 0 Å². The van der Waals surface area contributed by atoms with E-state index < -0.39 is 22.3 Å². The number of aromatic hydroxyl groups is 1. The molecule has 86 valence electrons. The minimum absolute atomic E-state index is 0.0421. The Hall–Kier alpha value is -2.88. The predicted octanol–water partition coefficient (Wildman–Crippen LogP) is 1.27. The molecule has 0 aromatic heterocycles. The van der Waals surface area contributed by atoms with Crippen molar-refractivity contribution in [3.8, 4) is 11.8 Å². The van der Waals surface area contributed by atoms with Crippen molar-refractivity contribution < 1.29 is 19.9 Å². The third kappa shape index (κ3) is 2.79. The van der Waals surface area contributed by atoms with E-state index in [1.807, 2.05) is 0 Å². The molecule has 0 unspecified atom stereocenters. The fourth-order valence-electron chi connectivity index (χ4n) is 1.13. The van der Waals surface area contributed by atoms with Crippen molar-refractivity contribution in [2.24, 2.45) is 0 Å². The first-order valence-electron chi connectivity index (χ1n) is 4.28. The summed E-state index contributed by atoms with van der Waals surface area (Å²) in [5.74, 6) is -1.94. The van der Waals surface area contributed by atoms with E-state index in [1.54, 1.807) is 6.07 Å². The van der Waals surface area contributed by atoms with Crippen LogP contribution in [0.4, 0.5) is 5.69 Å². The number of carbonyl (C=O) groups is 1. The first-order chi connectivity index (χ1) is 7.95. The standard InChI is InChI=1S/C10H6N2O5/c11-5-6-3-7(1-2-9(13)14)10(15)8(4-6)12(16)17/h1-4,15H,(H,13,14). The molecule has 0 radical (unpaired) electrons. The normalized spacial score (nSPS) is 10.1. The topological polar surface area (TPSA) is 124 Å². The minimum atomic E-state index is -1.27. The number of phenols is 1. The highest BCUT2D eigenvalue weighted by Crippen LogP contribution is 2.31. The Balaban J connectivity index is 3.40. The van der Waals surface area contributed by atoms with Gasteiger partial charge in [0.25, 0.3) is 0 Å². The number of nitro groups is 1. The number of carboxylic acid groups (broad SMARTS) is 1. The molecule has 0 fully saturated rings. The summed E-state index contributed by atoms with van der Waals surface area (Å²) >= 11 is 0. The Morgan fingerprint density at radius 1 is 1.53 bits per heavy atom. The molecule has 0 amide bonds. The summed E-state index contributed by atoms with van der Waals surface area (Å²) in [6.07, 6.45) is 1.69. The maximum atomic E-state index is 10.6. The predicted molar refractivity (Wildman–Crippen MR) is 56.1 cm³/mol. The number of nitrogens with zero attached hydrogens (tertiary/aromatic N) is 2. The highest BCUT2D eigenvalue weighted by Gasteiger charge is 2.17. The summed E-state index contributed by atoms with van der Waals surface area (Å²) < 4.78 is 0. The Morgan fingerprint density at radius 3 is 2.65 bits per heavy atom. The zero-order valence-electron chi connectivity index (χ0n) is 8.32. The molecular weight excluding hydrogens is 228 g/mol. The van der Waals surface area contributed by atoms with Crippen LogP contribution >= 0.6 is 0 Å². The van der Waals surface area contributed by atoms with Gasteiger partial charge in [-0.2, -0.15) is 5.26 Å². The second-order valence-electron chi connectivity index (χ2n) is 2.97. The van der Waals surface area contributed by atoms with Gasteiger partial charge < -0.3 is 10.2 Å². The van der Waals surface area contributed by atoms with Crippen LogP contribution in [0.25, 0.3) is 6.08 Å². The lowest BCUT2D eigenvalue weighted by atomic mass is 10.1. The van der Waals surface area contributed by atoms with E-state index in [-0.39, 0.29) is 11.1 Å². The molecule has 1 rings (SSSR count). The number of nitro benzene ring substituents is 1. The Kier molecular flexibility index (Phi) is 3.41. The first-order valence-corrected chi connectivity index (χ1v) is 4.28. The van der Waals surface area contributed by atoms with Gasteiger partial charge in [-0.25, -0.2) is 4.79 Å². The van der Waals surface area contributed by atoms with Gasteiger partial charge in [-0.1, -0.05) is 0 Å². The molecule has 0 spiro atoms. The molecule has 0 aliphatic rings. The monoisotopic (exact) mass is 234 g/mol. The van der Waals surface area contributed by atoms with Crippen LogP contribution in [0.5, 0.6) is 5.75 Å². The van der Waals surface area contributed by atoms with Crippen molar-refractivity contribution >= 4 is 17.7 Å². The molecule has 7 heteroatoms. The van der Waals surface area contributed by atoms with Gasteiger partial charge in [-0.3, -0.25) is 10.1 Å². The molecule has 7 nitrogen and oxygen atoms in total. The lowest BCUT2D eigenvalue weighted by Crippen LogP contribution is -1.93. The molecule has 0 saturated heterocycles. The molecule has 0 atom stereocenters. The Morgan fingerprint density at radius 2 is 2.18 bits per heavy atom. The van der Waals surface area contributed by atoms with E-state index >= 15 is 0 Å². The van der Waals surface area contributed by atoms with Crippen LogP contribution in [0.1, 0.15) is 11.1 Å². The third-order valence-electron chi connectivity index (χ3n) is 1.85. The smallest absolute Gasteiger partial charge is 0.328 e. The molecule has 0 heterocycles. The molecule has 1 aromatic rings. The van der Waals surface area contributed by atoms with Crippen LogP contribution < -0.4 is 0 Å². The van der Waals surface area contributed by atoms with Crippen LogP contribution in [0.2, 0.25) is 0 Å². The number of rotatable bonds is 3. The summed E-state index contributed by atoms with van der Waals surface area (Å²) in [5.41, 5.74) is -0.785. The van der Waals surface area contributed by atoms with Gasteiger partial charge in [-0.05, 0) is 12.1 Å². The number of aliphatic carboxylic acids is 1. The third-order valence-corrected chi connectivity index (χ3v) is 1.85. The van der Waals surface area contributed by atoms with Gasteiger partial charge in [0.2, 0.25) is 5.75 Å². The van der Waals surface area contributed by atoms with Crippen LogP contribution in [-0.2, 0) is 4.79 Å². The zero-order chi connectivity index (χ0) is 13.0. The summed E-state index contributed by atoms with van der Waals surface area (Å²) in [6.45, 7) is 0. The fourth-order valence-corrected chi connectivity index (χ4v) is 1.13. The quantitative estimate of drug-likeness (QED) is 0.461. The first kappa shape index (κ1) is 12.2. The lowest BCUT2D eigenvalue weighted by Gasteiger charge is -2.01. The minimum Gasteiger partial charge on any atom is -0.502 e. The highest BCUT2D eigenvalue weighted by atomic mass is 16.6. The Labute approximate surface area is 95.0 Å². The fraction of sp³-hybridized carbons (Fsp3) is 0. The lowest BCUT2D eigenvalue weighted by molar-refractivity contribution is -0.385.